The minimum Gasteiger partial charge on any atom is -0.444 e. The fourth-order valence-corrected chi connectivity index (χ4v) is 7.10. The quantitative estimate of drug-likeness (QED) is 0.212. The highest BCUT2D eigenvalue weighted by molar-refractivity contribution is 6.05. The summed E-state index contributed by atoms with van der Waals surface area (Å²) in [5.41, 5.74) is 9.85. The molecule has 5 heterocycles. The SMILES string of the molecule is CCc1nc(C)ccc1-c1cc(C(=O)N2Cc3cnn(CC)c3C2)cc2cc(C3=CCCN(C(=O)OC(C)(C)C)C3)n(CC3CC3)c12. The molecule has 3 aliphatic rings. The Morgan fingerprint density at radius 3 is 2.53 bits per heavy atom. The molecule has 1 saturated carbocycles. The molecule has 1 aromatic carbocycles. The van der Waals surface area contributed by atoms with Crippen LogP contribution in [0.25, 0.3) is 27.6 Å². The first-order chi connectivity index (χ1) is 22.5. The molecule has 1 aliphatic carbocycles. The summed E-state index contributed by atoms with van der Waals surface area (Å²) < 4.78 is 10.2. The van der Waals surface area contributed by atoms with Gasteiger partial charge in [-0.2, -0.15) is 5.10 Å². The minimum absolute atomic E-state index is 0.0228. The molecule has 9 nitrogen and oxygen atoms in total. The predicted molar refractivity (Wildman–Crippen MR) is 184 cm³/mol. The number of hydrogen-bond acceptors (Lipinski definition) is 5. The zero-order valence-corrected chi connectivity index (χ0v) is 28.6. The topological polar surface area (TPSA) is 85.5 Å². The van der Waals surface area contributed by atoms with Gasteiger partial charge < -0.3 is 19.1 Å². The van der Waals surface area contributed by atoms with Crippen LogP contribution in [0.3, 0.4) is 0 Å². The Balaban J connectivity index is 1.35. The Bertz CT molecular complexity index is 1900. The van der Waals surface area contributed by atoms with Gasteiger partial charge in [0.1, 0.15) is 5.60 Å². The van der Waals surface area contributed by atoms with E-state index in [1.807, 2.05) is 48.4 Å². The zero-order chi connectivity index (χ0) is 33.0. The van der Waals surface area contributed by atoms with Crippen molar-refractivity contribution >= 4 is 28.5 Å². The van der Waals surface area contributed by atoms with Crippen LogP contribution in [-0.4, -0.2) is 59.8 Å². The van der Waals surface area contributed by atoms with Crippen LogP contribution in [0.15, 0.2) is 42.6 Å². The Hall–Kier alpha value is -4.40. The van der Waals surface area contributed by atoms with Gasteiger partial charge in [-0.25, -0.2) is 4.79 Å². The lowest BCUT2D eigenvalue weighted by molar-refractivity contribution is 0.0272. The average Bonchev–Trinajstić information content (AvgIpc) is 3.46. The minimum atomic E-state index is -0.553. The van der Waals surface area contributed by atoms with Crippen molar-refractivity contribution in [3.8, 4) is 11.1 Å². The maximum Gasteiger partial charge on any atom is 0.410 e. The summed E-state index contributed by atoms with van der Waals surface area (Å²) in [5.74, 6) is 0.641. The number of benzene rings is 1. The first-order valence-electron chi connectivity index (χ1n) is 17.2. The molecule has 0 radical (unpaired) electrons. The van der Waals surface area contributed by atoms with Gasteiger partial charge in [0, 0.05) is 70.9 Å². The van der Waals surface area contributed by atoms with Crippen molar-refractivity contribution < 1.29 is 14.3 Å². The molecule has 0 bridgehead atoms. The summed E-state index contributed by atoms with van der Waals surface area (Å²) in [6.45, 7) is 15.9. The van der Waals surface area contributed by atoms with Crippen LogP contribution in [0.1, 0.15) is 92.6 Å². The van der Waals surface area contributed by atoms with E-state index in [4.69, 9.17) is 9.72 Å². The molecule has 0 N–H and O–H groups in total. The van der Waals surface area contributed by atoms with Crippen molar-refractivity contribution in [1.29, 1.82) is 0 Å². The van der Waals surface area contributed by atoms with Crippen molar-refractivity contribution in [2.45, 2.75) is 99.0 Å². The summed E-state index contributed by atoms with van der Waals surface area (Å²) >= 11 is 0. The first-order valence-corrected chi connectivity index (χ1v) is 17.2. The number of nitrogens with zero attached hydrogens (tertiary/aromatic N) is 6. The molecule has 9 heteroatoms. The number of hydrogen-bond donors (Lipinski definition) is 0. The molecule has 7 rings (SSSR count). The van der Waals surface area contributed by atoms with E-state index in [0.29, 0.717) is 37.7 Å². The Labute approximate surface area is 277 Å². The molecule has 2 amide bonds. The molecular formula is C38H46N6O3. The molecule has 1 fully saturated rings. The molecule has 0 saturated heterocycles. The standard InChI is InChI=1S/C38H46N6O3/c1-7-32-30(14-11-24(3)40-32)31-17-28(36(45)42-22-29-19-39-44(8-2)34(29)23-42)16-27-18-33(43(35(27)31)20-25-12-13-25)26-10-9-15-41(21-26)37(46)47-38(4,5)6/h10-11,14,16-19,25H,7-9,12-13,15,20-23H2,1-6H3. The second-order valence-electron chi connectivity index (χ2n) is 14.4. The molecule has 0 atom stereocenters. The molecule has 0 spiro atoms. The second-order valence-corrected chi connectivity index (χ2v) is 14.4. The number of amides is 2. The number of pyridine rings is 1. The van der Waals surface area contributed by atoms with Crippen molar-refractivity contribution in [2.24, 2.45) is 5.92 Å². The fourth-order valence-electron chi connectivity index (χ4n) is 7.10. The lowest BCUT2D eigenvalue weighted by Crippen LogP contribution is -2.39. The van der Waals surface area contributed by atoms with Crippen LogP contribution < -0.4 is 0 Å². The van der Waals surface area contributed by atoms with Gasteiger partial charge in [-0.1, -0.05) is 19.1 Å². The smallest absolute Gasteiger partial charge is 0.410 e. The maximum atomic E-state index is 14.3. The molecule has 47 heavy (non-hydrogen) atoms. The summed E-state index contributed by atoms with van der Waals surface area (Å²) in [6.07, 6.45) is 7.87. The monoisotopic (exact) mass is 634 g/mol. The number of ether oxygens (including phenoxy) is 1. The van der Waals surface area contributed by atoms with Gasteiger partial charge in [0.05, 0.1) is 30.5 Å². The Kier molecular flexibility index (Phi) is 7.97. The van der Waals surface area contributed by atoms with Gasteiger partial charge >= 0.3 is 6.09 Å². The number of aromatic nitrogens is 4. The van der Waals surface area contributed by atoms with E-state index in [0.717, 1.165) is 81.9 Å². The van der Waals surface area contributed by atoms with Crippen molar-refractivity contribution in [2.75, 3.05) is 13.1 Å². The number of carbonyl (C=O) groups is 2. The average molecular weight is 635 g/mol. The van der Waals surface area contributed by atoms with E-state index in [-0.39, 0.29) is 12.0 Å². The van der Waals surface area contributed by atoms with Gasteiger partial charge in [0.2, 0.25) is 0 Å². The Morgan fingerprint density at radius 2 is 1.81 bits per heavy atom. The van der Waals surface area contributed by atoms with Crippen LogP contribution in [0, 0.1) is 12.8 Å². The summed E-state index contributed by atoms with van der Waals surface area (Å²) in [6, 6.07) is 10.7. The van der Waals surface area contributed by atoms with Crippen molar-refractivity contribution in [1.82, 2.24) is 29.1 Å². The summed E-state index contributed by atoms with van der Waals surface area (Å²) in [7, 11) is 0. The van der Waals surface area contributed by atoms with Gasteiger partial charge in [-0.15, -0.1) is 0 Å². The van der Waals surface area contributed by atoms with E-state index >= 15 is 0 Å². The second kappa shape index (κ2) is 12.0. The van der Waals surface area contributed by atoms with E-state index < -0.39 is 5.60 Å². The largest absolute Gasteiger partial charge is 0.444 e. The van der Waals surface area contributed by atoms with Gasteiger partial charge in [0.25, 0.3) is 5.91 Å². The first kappa shape index (κ1) is 31.2. The van der Waals surface area contributed by atoms with E-state index in [1.54, 1.807) is 0 Å². The van der Waals surface area contributed by atoms with Crippen LogP contribution >= 0.6 is 0 Å². The van der Waals surface area contributed by atoms with E-state index in [9.17, 15) is 9.59 Å². The predicted octanol–water partition coefficient (Wildman–Crippen LogP) is 7.38. The lowest BCUT2D eigenvalue weighted by atomic mass is 9.96. The van der Waals surface area contributed by atoms with Crippen LogP contribution in [-0.2, 0) is 37.3 Å². The third kappa shape index (κ3) is 6.08. The van der Waals surface area contributed by atoms with E-state index in [2.05, 4.69) is 59.9 Å². The molecular weight excluding hydrogens is 588 g/mol. The summed E-state index contributed by atoms with van der Waals surface area (Å²) in [5, 5.41) is 5.53. The van der Waals surface area contributed by atoms with E-state index in [1.165, 1.54) is 12.8 Å². The third-order valence-corrected chi connectivity index (χ3v) is 9.57. The van der Waals surface area contributed by atoms with Gasteiger partial charge in [0.15, 0.2) is 0 Å². The fraction of sp³-hybridized carbons (Fsp3) is 0.474. The molecule has 3 aromatic heterocycles. The normalized spacial score (nSPS) is 16.5. The molecule has 4 aromatic rings. The highest BCUT2D eigenvalue weighted by Crippen LogP contribution is 2.41. The maximum absolute atomic E-state index is 14.3. The lowest BCUT2D eigenvalue weighted by Gasteiger charge is -2.30. The number of fused-ring (bicyclic) bond motifs is 2. The Morgan fingerprint density at radius 1 is 1.00 bits per heavy atom. The van der Waals surface area contributed by atoms with Gasteiger partial charge in [-0.3, -0.25) is 14.5 Å². The molecule has 246 valence electrons. The number of aryl methyl sites for hydroxylation is 3. The van der Waals surface area contributed by atoms with Crippen LogP contribution in [0.2, 0.25) is 0 Å². The zero-order valence-electron chi connectivity index (χ0n) is 28.6. The number of rotatable bonds is 7. The highest BCUT2D eigenvalue weighted by atomic mass is 16.6. The molecule has 0 unspecified atom stereocenters. The van der Waals surface area contributed by atoms with Crippen molar-refractivity contribution in [3.63, 3.8) is 0 Å². The highest BCUT2D eigenvalue weighted by Gasteiger charge is 2.32. The van der Waals surface area contributed by atoms with Crippen LogP contribution in [0.4, 0.5) is 4.79 Å². The van der Waals surface area contributed by atoms with Gasteiger partial charge in [-0.05, 0) is 96.1 Å². The number of carbonyl (C=O) groups excluding carboxylic acids is 2. The van der Waals surface area contributed by atoms with Crippen LogP contribution in [0.5, 0.6) is 0 Å². The van der Waals surface area contributed by atoms with Crippen molar-refractivity contribution in [3.05, 3.63) is 76.5 Å². The summed E-state index contributed by atoms with van der Waals surface area (Å²) in [4.78, 5) is 36.1. The molecule has 2 aliphatic heterocycles. The third-order valence-electron chi connectivity index (χ3n) is 9.57.